The maximum absolute atomic E-state index is 13.6. The molecule has 6 nitrogen and oxygen atoms in total. The monoisotopic (exact) mass is 476 g/mol. The van der Waals surface area contributed by atoms with Gasteiger partial charge in [-0.2, -0.15) is 0 Å². The van der Waals surface area contributed by atoms with Crippen LogP contribution in [0.2, 0.25) is 25.7 Å². The molecule has 25 heavy (non-hydrogen) atoms. The molecule has 0 N–H and O–H groups in total. The van der Waals surface area contributed by atoms with E-state index in [1.807, 2.05) is 22.6 Å². The molecule has 0 aliphatic carbocycles. The predicted molar refractivity (Wildman–Crippen MR) is 106 cm³/mol. The van der Waals surface area contributed by atoms with E-state index in [-0.39, 0.29) is 18.2 Å². The average Bonchev–Trinajstić information content (AvgIpc) is 2.94. The number of carbonyl (C=O) groups is 1. The number of carbonyl (C=O) groups excluding carboxylic acids is 1. The van der Waals surface area contributed by atoms with Crippen LogP contribution in [0.15, 0.2) is 24.4 Å². The van der Waals surface area contributed by atoms with Gasteiger partial charge in [-0.15, -0.1) is 5.10 Å². The van der Waals surface area contributed by atoms with Gasteiger partial charge in [-0.1, -0.05) is 24.9 Å². The number of ether oxygens (including phenoxy) is 1. The standard InChI is InChI=1S/C16H22FIN4O2Si/c1-21-10-15(19-20-21)22(11-24-7-8-25(2,3)4)16(23)13-9-12(17)5-6-14(13)18/h5-6,9-10H,7-8,11H2,1-4H3. The van der Waals surface area contributed by atoms with Gasteiger partial charge in [0.15, 0.2) is 5.82 Å². The van der Waals surface area contributed by atoms with Crippen LogP contribution in [-0.2, 0) is 11.8 Å². The Morgan fingerprint density at radius 3 is 2.72 bits per heavy atom. The molecule has 2 rings (SSSR count). The van der Waals surface area contributed by atoms with Crippen LogP contribution in [0.5, 0.6) is 0 Å². The molecule has 136 valence electrons. The lowest BCUT2D eigenvalue weighted by Gasteiger charge is -2.22. The lowest BCUT2D eigenvalue weighted by Crippen LogP contribution is -2.35. The summed E-state index contributed by atoms with van der Waals surface area (Å²) in [6.45, 7) is 7.40. The highest BCUT2D eigenvalue weighted by molar-refractivity contribution is 14.1. The molecule has 0 radical (unpaired) electrons. The fourth-order valence-electron chi connectivity index (χ4n) is 2.03. The van der Waals surface area contributed by atoms with E-state index in [0.29, 0.717) is 16.0 Å². The Morgan fingerprint density at radius 1 is 1.40 bits per heavy atom. The Kier molecular flexibility index (Phi) is 6.69. The third-order valence-electron chi connectivity index (χ3n) is 3.49. The Labute approximate surface area is 161 Å². The number of nitrogens with zero attached hydrogens (tertiary/aromatic N) is 4. The quantitative estimate of drug-likeness (QED) is 0.266. The van der Waals surface area contributed by atoms with E-state index < -0.39 is 13.9 Å². The highest BCUT2D eigenvalue weighted by atomic mass is 127. The highest BCUT2D eigenvalue weighted by Gasteiger charge is 2.23. The van der Waals surface area contributed by atoms with Crippen LogP contribution in [-0.4, -0.2) is 42.3 Å². The molecule has 1 aromatic heterocycles. The van der Waals surface area contributed by atoms with Crippen molar-refractivity contribution in [3.63, 3.8) is 0 Å². The molecule has 0 aliphatic rings. The van der Waals surface area contributed by atoms with Gasteiger partial charge < -0.3 is 4.74 Å². The second kappa shape index (κ2) is 8.36. The van der Waals surface area contributed by atoms with Crippen molar-refractivity contribution in [3.8, 4) is 0 Å². The number of hydrogen-bond donors (Lipinski definition) is 0. The summed E-state index contributed by atoms with van der Waals surface area (Å²) in [4.78, 5) is 14.3. The third kappa shape index (κ3) is 5.85. The second-order valence-electron chi connectivity index (χ2n) is 6.96. The number of anilines is 1. The van der Waals surface area contributed by atoms with Crippen LogP contribution in [0.25, 0.3) is 0 Å². The van der Waals surface area contributed by atoms with E-state index in [0.717, 1.165) is 6.04 Å². The normalized spacial score (nSPS) is 11.6. The number of aromatic nitrogens is 3. The van der Waals surface area contributed by atoms with Gasteiger partial charge in [0.1, 0.15) is 12.5 Å². The molecule has 1 amide bonds. The van der Waals surface area contributed by atoms with E-state index in [1.54, 1.807) is 19.3 Å². The number of hydrogen-bond acceptors (Lipinski definition) is 4. The molecule has 0 aliphatic heterocycles. The summed E-state index contributed by atoms with van der Waals surface area (Å²) in [5, 5.41) is 7.86. The minimum atomic E-state index is -1.22. The maximum atomic E-state index is 13.6. The highest BCUT2D eigenvalue weighted by Crippen LogP contribution is 2.20. The summed E-state index contributed by atoms with van der Waals surface area (Å²) in [7, 11) is 0.496. The van der Waals surface area contributed by atoms with Crippen molar-refractivity contribution in [2.75, 3.05) is 18.2 Å². The molecule has 0 saturated carbocycles. The van der Waals surface area contributed by atoms with Crippen LogP contribution in [0.4, 0.5) is 10.2 Å². The molecule has 2 aromatic rings. The largest absolute Gasteiger partial charge is 0.361 e. The van der Waals surface area contributed by atoms with Gasteiger partial charge in [0.05, 0.1) is 11.8 Å². The topological polar surface area (TPSA) is 60.2 Å². The van der Waals surface area contributed by atoms with E-state index >= 15 is 0 Å². The zero-order valence-electron chi connectivity index (χ0n) is 14.8. The summed E-state index contributed by atoms with van der Waals surface area (Å²) >= 11 is 2.02. The summed E-state index contributed by atoms with van der Waals surface area (Å²) in [5.41, 5.74) is 0.278. The van der Waals surface area contributed by atoms with Crippen LogP contribution >= 0.6 is 22.6 Å². The number of aryl methyl sites for hydroxylation is 1. The zero-order valence-corrected chi connectivity index (χ0v) is 17.9. The molecule has 0 saturated heterocycles. The van der Waals surface area contributed by atoms with E-state index in [4.69, 9.17) is 4.74 Å². The van der Waals surface area contributed by atoms with Crippen molar-refractivity contribution in [1.82, 2.24) is 15.0 Å². The first-order chi connectivity index (χ1) is 11.7. The third-order valence-corrected chi connectivity index (χ3v) is 6.13. The molecule has 1 heterocycles. The van der Waals surface area contributed by atoms with Crippen LogP contribution in [0.3, 0.4) is 0 Å². The van der Waals surface area contributed by atoms with Crippen LogP contribution in [0, 0.1) is 9.39 Å². The molecule has 0 bridgehead atoms. The molecule has 0 unspecified atom stereocenters. The summed E-state index contributed by atoms with van der Waals surface area (Å²) in [6.07, 6.45) is 1.63. The van der Waals surface area contributed by atoms with Gasteiger partial charge in [-0.3, -0.25) is 14.4 Å². The number of amides is 1. The Bertz CT molecular complexity index is 748. The Hall–Kier alpha value is -1.33. The number of benzene rings is 1. The van der Waals surface area contributed by atoms with E-state index in [1.165, 1.54) is 21.7 Å². The lowest BCUT2D eigenvalue weighted by atomic mass is 10.2. The van der Waals surface area contributed by atoms with Crippen molar-refractivity contribution < 1.29 is 13.9 Å². The average molecular weight is 476 g/mol. The van der Waals surface area contributed by atoms with Crippen LogP contribution in [0.1, 0.15) is 10.4 Å². The Balaban J connectivity index is 2.19. The van der Waals surface area contributed by atoms with Crippen molar-refractivity contribution >= 4 is 42.4 Å². The molecular weight excluding hydrogens is 454 g/mol. The fraction of sp³-hybridized carbons (Fsp3) is 0.438. The Morgan fingerprint density at radius 2 is 2.12 bits per heavy atom. The minimum absolute atomic E-state index is 0.0502. The summed E-state index contributed by atoms with van der Waals surface area (Å²) < 4.78 is 21.5. The lowest BCUT2D eigenvalue weighted by molar-refractivity contribution is 0.0897. The van der Waals surface area contributed by atoms with E-state index in [9.17, 15) is 9.18 Å². The van der Waals surface area contributed by atoms with Crippen molar-refractivity contribution in [1.29, 1.82) is 0 Å². The second-order valence-corrected chi connectivity index (χ2v) is 13.7. The molecule has 9 heteroatoms. The van der Waals surface area contributed by atoms with Gasteiger partial charge >= 0.3 is 0 Å². The fourth-order valence-corrected chi connectivity index (χ4v) is 3.35. The number of rotatable bonds is 7. The van der Waals surface area contributed by atoms with Gasteiger partial charge in [0.2, 0.25) is 0 Å². The van der Waals surface area contributed by atoms with Gasteiger partial charge in [-0.25, -0.2) is 4.39 Å². The van der Waals surface area contributed by atoms with Gasteiger partial charge in [0, 0.05) is 25.3 Å². The SMILES string of the molecule is Cn1cc(N(COCC[Si](C)(C)C)C(=O)c2cc(F)ccc2I)nn1. The zero-order chi connectivity index (χ0) is 18.6. The summed E-state index contributed by atoms with van der Waals surface area (Å²) in [6, 6.07) is 5.13. The molecule has 0 atom stereocenters. The minimum Gasteiger partial charge on any atom is -0.361 e. The summed E-state index contributed by atoms with van der Waals surface area (Å²) in [5.74, 6) is -0.444. The molecule has 0 spiro atoms. The first-order valence-corrected chi connectivity index (χ1v) is 12.7. The van der Waals surface area contributed by atoms with E-state index in [2.05, 4.69) is 30.0 Å². The van der Waals surface area contributed by atoms with Crippen LogP contribution < -0.4 is 4.90 Å². The van der Waals surface area contributed by atoms with Gasteiger partial charge in [-0.05, 0) is 46.8 Å². The van der Waals surface area contributed by atoms with Gasteiger partial charge in [0.25, 0.3) is 5.91 Å². The molecular formula is C16H22FIN4O2Si. The first kappa shape index (κ1) is 20.0. The molecule has 1 aromatic carbocycles. The predicted octanol–water partition coefficient (Wildman–Crippen LogP) is 3.52. The molecule has 0 fully saturated rings. The maximum Gasteiger partial charge on any atom is 0.262 e. The van der Waals surface area contributed by atoms with Crippen molar-refractivity contribution in [3.05, 3.63) is 39.3 Å². The van der Waals surface area contributed by atoms with Crippen molar-refractivity contribution in [2.24, 2.45) is 7.05 Å². The van der Waals surface area contributed by atoms with Crippen molar-refractivity contribution in [2.45, 2.75) is 25.7 Å². The first-order valence-electron chi connectivity index (χ1n) is 7.88. The smallest absolute Gasteiger partial charge is 0.262 e. The number of halogens is 2.